The summed E-state index contributed by atoms with van der Waals surface area (Å²) in [5.41, 5.74) is -5.58. The number of fused-ring (bicyclic) bond motifs is 1. The number of carbonyl (C=O) groups excluding carboxylic acids is 2. The first kappa shape index (κ1) is 22.2. The van der Waals surface area contributed by atoms with Gasteiger partial charge in [-0.2, -0.15) is 21.0 Å². The minimum absolute atomic E-state index is 0.119. The van der Waals surface area contributed by atoms with Gasteiger partial charge in [-0.05, 0) is 33.8 Å². The van der Waals surface area contributed by atoms with Crippen molar-refractivity contribution in [1.82, 2.24) is 4.90 Å². The van der Waals surface area contributed by atoms with Crippen LogP contribution in [0.25, 0.3) is 0 Å². The maximum Gasteiger partial charge on any atom is 0.355 e. The lowest BCUT2D eigenvalue weighted by atomic mass is 9.55. The van der Waals surface area contributed by atoms with E-state index in [-0.39, 0.29) is 6.61 Å². The van der Waals surface area contributed by atoms with E-state index >= 15 is 0 Å². The van der Waals surface area contributed by atoms with Crippen molar-refractivity contribution >= 4 is 11.9 Å². The predicted octanol–water partition coefficient (Wildman–Crippen LogP) is 1.98. The monoisotopic (exact) mass is 405 g/mol. The molecule has 30 heavy (non-hydrogen) atoms. The van der Waals surface area contributed by atoms with Crippen molar-refractivity contribution < 1.29 is 19.1 Å². The van der Waals surface area contributed by atoms with Gasteiger partial charge in [-0.25, -0.2) is 9.59 Å². The number of esters is 2. The van der Waals surface area contributed by atoms with Crippen molar-refractivity contribution in [2.75, 3.05) is 6.61 Å². The molecule has 0 aromatic heterocycles. The summed E-state index contributed by atoms with van der Waals surface area (Å²) in [5, 5.41) is 40.1. The molecule has 0 N–H and O–H groups in total. The summed E-state index contributed by atoms with van der Waals surface area (Å²) in [6.45, 7) is 6.18. The summed E-state index contributed by atoms with van der Waals surface area (Å²) in [6, 6.07) is 5.75. The van der Waals surface area contributed by atoms with Crippen molar-refractivity contribution in [3.8, 4) is 24.3 Å². The lowest BCUT2D eigenvalue weighted by Gasteiger charge is -2.49. The summed E-state index contributed by atoms with van der Waals surface area (Å²) in [7, 11) is 0. The third kappa shape index (κ3) is 2.89. The van der Waals surface area contributed by atoms with Gasteiger partial charge in [0, 0.05) is 5.70 Å². The zero-order valence-electron chi connectivity index (χ0n) is 17.0. The van der Waals surface area contributed by atoms with Crippen molar-refractivity contribution in [3.63, 3.8) is 0 Å². The van der Waals surface area contributed by atoms with Gasteiger partial charge in [-0.1, -0.05) is 12.2 Å². The van der Waals surface area contributed by atoms with E-state index in [1.54, 1.807) is 57.2 Å². The van der Waals surface area contributed by atoms with E-state index in [4.69, 9.17) is 9.47 Å². The molecule has 1 atom stereocenters. The third-order valence-corrected chi connectivity index (χ3v) is 4.88. The molecule has 2 aliphatic heterocycles. The molecule has 9 heteroatoms. The van der Waals surface area contributed by atoms with Gasteiger partial charge in [0.15, 0.2) is 0 Å². The highest BCUT2D eigenvalue weighted by atomic mass is 16.5. The zero-order chi connectivity index (χ0) is 22.7. The molecule has 0 aromatic carbocycles. The highest BCUT2D eigenvalue weighted by molar-refractivity contribution is 6.03. The average molecular weight is 405 g/mol. The smallest absolute Gasteiger partial charge is 0.355 e. The van der Waals surface area contributed by atoms with Crippen LogP contribution in [0.15, 0.2) is 35.2 Å². The molecule has 152 valence electrons. The Hall–Kier alpha value is -4.08. The van der Waals surface area contributed by atoms with Gasteiger partial charge in [-0.15, -0.1) is 0 Å². The Morgan fingerprint density at radius 3 is 2.20 bits per heavy atom. The lowest BCUT2D eigenvalue weighted by Crippen LogP contribution is -2.61. The summed E-state index contributed by atoms with van der Waals surface area (Å²) in [5.74, 6) is -2.12. The Balaban J connectivity index is 3.10. The van der Waals surface area contributed by atoms with E-state index in [2.05, 4.69) is 0 Å². The Bertz CT molecular complexity index is 1010. The van der Waals surface area contributed by atoms with E-state index in [9.17, 15) is 30.6 Å². The number of nitriles is 4. The molecule has 0 aliphatic carbocycles. The third-order valence-electron chi connectivity index (χ3n) is 4.88. The maximum absolute atomic E-state index is 13.1. The Labute approximate surface area is 174 Å². The summed E-state index contributed by atoms with van der Waals surface area (Å²) >= 11 is 0. The number of hydrogen-bond acceptors (Lipinski definition) is 9. The fourth-order valence-corrected chi connectivity index (χ4v) is 3.62. The number of carbonyl (C=O) groups is 2. The number of nitrogens with zero attached hydrogens (tertiary/aromatic N) is 5. The normalized spacial score (nSPS) is 20.6. The summed E-state index contributed by atoms with van der Waals surface area (Å²) in [6.07, 6.45) is 4.02. The van der Waals surface area contributed by atoms with Crippen LogP contribution >= 0.6 is 0 Å². The van der Waals surface area contributed by atoms with Gasteiger partial charge in [0.2, 0.25) is 10.8 Å². The number of ether oxygens (including phenoxy) is 2. The summed E-state index contributed by atoms with van der Waals surface area (Å²) < 4.78 is 10.3. The number of hydrogen-bond donors (Lipinski definition) is 0. The number of allylic oxidation sites excluding steroid dienone is 3. The minimum Gasteiger partial charge on any atom is -0.462 e. The van der Waals surface area contributed by atoms with Crippen molar-refractivity contribution in [2.45, 2.75) is 39.8 Å². The zero-order valence-corrected chi connectivity index (χ0v) is 17.0. The van der Waals surface area contributed by atoms with E-state index in [0.29, 0.717) is 5.70 Å². The van der Waals surface area contributed by atoms with Gasteiger partial charge in [0.25, 0.3) is 0 Å². The molecule has 0 saturated carbocycles. The van der Waals surface area contributed by atoms with Gasteiger partial charge in [0.05, 0.1) is 43.0 Å². The van der Waals surface area contributed by atoms with Crippen LogP contribution in [0.5, 0.6) is 0 Å². The molecule has 0 spiro atoms. The van der Waals surface area contributed by atoms with Gasteiger partial charge in [-0.3, -0.25) is 0 Å². The van der Waals surface area contributed by atoms with E-state index in [1.165, 1.54) is 17.9 Å². The Kier molecular flexibility index (Phi) is 6.01. The molecule has 2 heterocycles. The molecular weight excluding hydrogens is 386 g/mol. The fourth-order valence-electron chi connectivity index (χ4n) is 3.62. The quantitative estimate of drug-likeness (QED) is 0.639. The lowest BCUT2D eigenvalue weighted by molar-refractivity contribution is -0.148. The van der Waals surface area contributed by atoms with E-state index in [1.807, 2.05) is 0 Å². The number of rotatable bonds is 4. The van der Waals surface area contributed by atoms with Crippen molar-refractivity contribution in [1.29, 1.82) is 21.0 Å². The highest BCUT2D eigenvalue weighted by Gasteiger charge is 2.69. The molecule has 0 bridgehead atoms. The van der Waals surface area contributed by atoms with Crippen LogP contribution < -0.4 is 0 Å². The second-order valence-electron chi connectivity index (χ2n) is 6.91. The maximum atomic E-state index is 13.1. The second-order valence-corrected chi connectivity index (χ2v) is 6.91. The topological polar surface area (TPSA) is 151 Å². The molecule has 1 unspecified atom stereocenters. The molecular formula is C21H19N5O4. The van der Waals surface area contributed by atoms with E-state index < -0.39 is 46.2 Å². The van der Waals surface area contributed by atoms with Crippen LogP contribution in [0.4, 0.5) is 0 Å². The molecule has 2 rings (SSSR count). The van der Waals surface area contributed by atoms with Crippen LogP contribution in [-0.2, 0) is 19.1 Å². The largest absolute Gasteiger partial charge is 0.462 e. The highest BCUT2D eigenvalue weighted by Crippen LogP contribution is 2.55. The van der Waals surface area contributed by atoms with Gasteiger partial charge in [0.1, 0.15) is 11.3 Å². The van der Waals surface area contributed by atoms with Crippen LogP contribution in [0.2, 0.25) is 0 Å². The standard InChI is InChI=1S/C21H19N5O4/c1-5-29-18(27)16-17(19(28)30-13(2)3)26-14(4)7-6-8-15(26)20(9-22,10-23)21(16,11-24)12-25/h6-8,13,15H,5H2,1-4H3. The Morgan fingerprint density at radius 1 is 1.13 bits per heavy atom. The second kappa shape index (κ2) is 8.11. The van der Waals surface area contributed by atoms with Gasteiger partial charge < -0.3 is 14.4 Å². The first-order chi connectivity index (χ1) is 14.2. The summed E-state index contributed by atoms with van der Waals surface area (Å²) in [4.78, 5) is 27.3. The molecule has 0 amide bonds. The van der Waals surface area contributed by atoms with Crippen LogP contribution in [0.1, 0.15) is 27.7 Å². The fraction of sp³-hybridized carbons (Fsp3) is 0.429. The Morgan fingerprint density at radius 2 is 1.73 bits per heavy atom. The molecule has 2 aliphatic rings. The van der Waals surface area contributed by atoms with Crippen molar-refractivity contribution in [3.05, 3.63) is 35.2 Å². The molecule has 0 aromatic rings. The van der Waals surface area contributed by atoms with Gasteiger partial charge >= 0.3 is 11.9 Å². The van der Waals surface area contributed by atoms with Crippen molar-refractivity contribution in [2.24, 2.45) is 10.8 Å². The first-order valence-corrected chi connectivity index (χ1v) is 9.13. The first-order valence-electron chi connectivity index (χ1n) is 9.13. The molecule has 0 radical (unpaired) electrons. The minimum atomic E-state index is -2.60. The van der Waals surface area contributed by atoms with Crippen LogP contribution in [0.3, 0.4) is 0 Å². The molecule has 0 saturated heterocycles. The molecule has 9 nitrogen and oxygen atoms in total. The van der Waals surface area contributed by atoms with Crippen LogP contribution in [0, 0.1) is 56.2 Å². The molecule has 0 fully saturated rings. The average Bonchev–Trinajstić information content (AvgIpc) is 2.71. The SMILES string of the molecule is CCOC(=O)C1=C(C(=O)OC(C)C)N2C(C)=CC=CC2C(C#N)(C#N)C1(C#N)C#N. The van der Waals surface area contributed by atoms with Crippen LogP contribution in [-0.4, -0.2) is 35.6 Å². The predicted molar refractivity (Wildman–Crippen MR) is 101 cm³/mol. The van der Waals surface area contributed by atoms with E-state index in [0.717, 1.165) is 0 Å².